The molecule has 0 atom stereocenters. The first-order chi connectivity index (χ1) is 17.3. The minimum Gasteiger partial charge on any atom is -0.862 e. The van der Waals surface area contributed by atoms with Crippen LogP contribution in [-0.2, 0) is 26.2 Å². The minimum atomic E-state index is -0.221. The molecule has 0 aromatic carbocycles. The van der Waals surface area contributed by atoms with Gasteiger partial charge in [0.05, 0.1) is 22.2 Å². The van der Waals surface area contributed by atoms with E-state index in [4.69, 9.17) is 0 Å². The Balaban J connectivity index is -0.000000139. The van der Waals surface area contributed by atoms with Crippen LogP contribution in [0.4, 0.5) is 0 Å². The zero-order valence-corrected chi connectivity index (χ0v) is 32.7. The van der Waals surface area contributed by atoms with E-state index in [1.54, 1.807) is 0 Å². The second-order valence-corrected chi connectivity index (χ2v) is 15.1. The van der Waals surface area contributed by atoms with Crippen LogP contribution in [0.5, 0.6) is 0 Å². The van der Waals surface area contributed by atoms with E-state index in [1.807, 2.05) is 138 Å². The zero-order valence-electron chi connectivity index (χ0n) is 30.2. The van der Waals surface area contributed by atoms with Gasteiger partial charge in [0.25, 0.3) is 0 Å². The smallest absolute Gasteiger partial charge is 0.862 e. The van der Waals surface area contributed by atoms with Crippen LogP contribution in [0.3, 0.4) is 0 Å². The summed E-state index contributed by atoms with van der Waals surface area (Å²) < 4.78 is 0. The summed E-state index contributed by atoms with van der Waals surface area (Å²) in [6.45, 7) is 38.0. The van der Waals surface area contributed by atoms with Crippen LogP contribution in [0.25, 0.3) is 0 Å². The van der Waals surface area contributed by atoms with Crippen molar-refractivity contribution in [3.05, 3.63) is 0 Å². The molecule has 0 aromatic rings. The van der Waals surface area contributed by atoms with Crippen molar-refractivity contribution in [2.75, 3.05) is 0 Å². The zero-order chi connectivity index (χ0) is 33.4. The molecule has 0 unspecified atom stereocenters. The van der Waals surface area contributed by atoms with Crippen molar-refractivity contribution in [3.63, 3.8) is 0 Å². The molecule has 0 amide bonds. The van der Waals surface area contributed by atoms with Gasteiger partial charge >= 0.3 is 26.2 Å². The van der Waals surface area contributed by atoms with Gasteiger partial charge in [-0.25, -0.2) is 0 Å². The molecule has 9 heteroatoms. The van der Waals surface area contributed by atoms with Gasteiger partial charge in [-0.1, -0.05) is 55.4 Å². The molecule has 0 bridgehead atoms. The summed E-state index contributed by atoms with van der Waals surface area (Å²) in [6.07, 6.45) is 0. The summed E-state index contributed by atoms with van der Waals surface area (Å²) in [5.74, 6) is 0.0805. The Morgan fingerprint density at radius 2 is 0.439 bits per heavy atom. The van der Waals surface area contributed by atoms with Crippen LogP contribution in [-0.4, -0.2) is 45.7 Å². The van der Waals surface area contributed by atoms with Gasteiger partial charge in [-0.2, -0.15) is 0 Å². The van der Waals surface area contributed by atoms with Crippen molar-refractivity contribution in [2.45, 2.75) is 161 Å². The van der Waals surface area contributed by atoms with Gasteiger partial charge < -0.3 is 20.4 Å². The van der Waals surface area contributed by atoms with Crippen molar-refractivity contribution >= 4 is 23.6 Å². The summed E-state index contributed by atoms with van der Waals surface area (Å²) >= 11 is 0. The molecule has 8 nitrogen and oxygen atoms in total. The van der Waals surface area contributed by atoms with Crippen molar-refractivity contribution in [1.82, 2.24) is 0 Å². The third kappa shape index (κ3) is 43.4. The van der Waals surface area contributed by atoms with E-state index in [9.17, 15) is 20.4 Å². The third-order valence-corrected chi connectivity index (χ3v) is 3.76. The molecule has 0 rings (SSSR count). The van der Waals surface area contributed by atoms with Crippen LogP contribution in [0.1, 0.15) is 138 Å². The minimum absolute atomic E-state index is 0. The monoisotopic (exact) mass is 658 g/mol. The van der Waals surface area contributed by atoms with Crippen molar-refractivity contribution in [3.8, 4) is 0 Å². The molecule has 240 valence electrons. The molecular formula is C32H64N4O4Zr. The maximum absolute atomic E-state index is 11.0. The fraction of sp³-hybridized carbons (Fsp3) is 0.875. The standard InChI is InChI=1S/4C8H17NO.Zr/c4*1-6(2)7(10)9-8(3,4)5;/h4*6H,1-5H3,(H,9,10);/q;;;;+4/p-4. The van der Waals surface area contributed by atoms with Gasteiger partial charge in [-0.15, -0.1) is 0 Å². The molecule has 0 spiro atoms. The van der Waals surface area contributed by atoms with E-state index < -0.39 is 0 Å². The van der Waals surface area contributed by atoms with Crippen molar-refractivity contribution in [2.24, 2.45) is 43.6 Å². The number of nitrogens with zero attached hydrogens (tertiary/aromatic N) is 4. The molecular weight excluding hydrogens is 596 g/mol. The van der Waals surface area contributed by atoms with E-state index in [1.165, 1.54) is 0 Å². The normalized spacial score (nSPS) is 14.0. The predicted molar refractivity (Wildman–Crippen MR) is 168 cm³/mol. The van der Waals surface area contributed by atoms with E-state index in [-0.39, 0.29) is 95.6 Å². The summed E-state index contributed by atoms with van der Waals surface area (Å²) in [5, 5.41) is 44.0. The summed E-state index contributed by atoms with van der Waals surface area (Å²) in [5.41, 5.74) is -0.884. The van der Waals surface area contributed by atoms with Gasteiger partial charge in [-0.3, -0.25) is 20.0 Å². The maximum atomic E-state index is 11.0. The van der Waals surface area contributed by atoms with Gasteiger partial charge in [0.2, 0.25) is 0 Å². The van der Waals surface area contributed by atoms with Gasteiger partial charge in [0.1, 0.15) is 0 Å². The Bertz CT molecular complexity index is 666. The molecule has 0 fully saturated rings. The molecule has 0 heterocycles. The van der Waals surface area contributed by atoms with Crippen LogP contribution >= 0.6 is 0 Å². The summed E-state index contributed by atoms with van der Waals surface area (Å²) in [4.78, 5) is 15.9. The van der Waals surface area contributed by atoms with Gasteiger partial charge in [0.15, 0.2) is 0 Å². The predicted octanol–water partition coefficient (Wildman–Crippen LogP) is 4.80. The SMILES string of the molecule is CC(C)C([O-])=NC(C)(C)C.CC(C)C([O-])=NC(C)(C)C.CC(C)C([O-])=NC(C)(C)C.CC(C)C([O-])=NC(C)(C)C.[Zr+4]. The summed E-state index contributed by atoms with van der Waals surface area (Å²) in [7, 11) is 0. The fourth-order valence-electron chi connectivity index (χ4n) is 1.84. The fourth-order valence-corrected chi connectivity index (χ4v) is 1.84. The van der Waals surface area contributed by atoms with Gasteiger partial charge in [0, 0.05) is 0 Å². The Kier molecular flexibility index (Phi) is 25.9. The molecule has 41 heavy (non-hydrogen) atoms. The first-order valence-electron chi connectivity index (χ1n) is 14.4. The Hall–Kier alpha value is -1.24. The largest absolute Gasteiger partial charge is 4.00 e. The van der Waals surface area contributed by atoms with Crippen LogP contribution < -0.4 is 20.4 Å². The molecule has 0 aromatic heterocycles. The third-order valence-electron chi connectivity index (χ3n) is 3.76. The van der Waals surface area contributed by atoms with Crippen molar-refractivity contribution in [1.29, 1.82) is 0 Å². The second kappa shape index (κ2) is 21.5. The molecule has 0 aliphatic carbocycles. The second-order valence-electron chi connectivity index (χ2n) is 15.1. The van der Waals surface area contributed by atoms with Crippen LogP contribution in [0.15, 0.2) is 20.0 Å². The molecule has 0 saturated carbocycles. The van der Waals surface area contributed by atoms with E-state index >= 15 is 0 Å². The number of hydrogen-bond donors (Lipinski definition) is 0. The Morgan fingerprint density at radius 1 is 0.341 bits per heavy atom. The van der Waals surface area contributed by atoms with Crippen molar-refractivity contribution < 1.29 is 46.6 Å². The van der Waals surface area contributed by atoms with E-state index in [0.717, 1.165) is 0 Å². The Labute approximate surface area is 273 Å². The molecule has 0 saturated heterocycles. The van der Waals surface area contributed by atoms with Gasteiger partial charge in [-0.05, 0) is 130 Å². The number of rotatable bonds is 4. The van der Waals surface area contributed by atoms with Crippen LogP contribution in [0.2, 0.25) is 0 Å². The average Bonchev–Trinajstić information content (AvgIpc) is 2.64. The first kappa shape index (κ1) is 49.4. The molecule has 0 aliphatic heterocycles. The Morgan fingerprint density at radius 3 is 0.463 bits per heavy atom. The first-order valence-corrected chi connectivity index (χ1v) is 14.4. The number of aliphatic imine (C=N–C) groups is 4. The molecule has 0 aliphatic rings. The summed E-state index contributed by atoms with van der Waals surface area (Å²) in [6, 6.07) is 0. The average molecular weight is 660 g/mol. The maximum Gasteiger partial charge on any atom is 4.00 e. The molecule has 0 N–H and O–H groups in total. The van der Waals surface area contributed by atoms with E-state index in [0.29, 0.717) is 0 Å². The van der Waals surface area contributed by atoms with E-state index in [2.05, 4.69) is 20.0 Å². The molecule has 0 radical (unpaired) electrons. The quantitative estimate of drug-likeness (QED) is 0.316. The van der Waals surface area contributed by atoms with Crippen LogP contribution in [0, 0.1) is 23.7 Å². The number of hydrogen-bond acceptors (Lipinski definition) is 8. The topological polar surface area (TPSA) is 142 Å².